The van der Waals surface area contributed by atoms with E-state index in [1.807, 2.05) is 24.3 Å². The molecule has 266 valence electrons. The van der Waals surface area contributed by atoms with Gasteiger partial charge in [-0.05, 0) is 99.0 Å². The van der Waals surface area contributed by atoms with Gasteiger partial charge >= 0.3 is 0 Å². The van der Waals surface area contributed by atoms with Gasteiger partial charge in [-0.25, -0.2) is 0 Å². The Bertz CT molecular complexity index is 2630. The molecule has 0 spiro atoms. The summed E-state index contributed by atoms with van der Waals surface area (Å²) in [6.07, 6.45) is 16.3. The molecule has 2 atom stereocenters. The van der Waals surface area contributed by atoms with Gasteiger partial charge in [-0.3, -0.25) is 0 Å². The third kappa shape index (κ3) is 6.32. The molecule has 55 heavy (non-hydrogen) atoms. The second kappa shape index (κ2) is 14.9. The Morgan fingerprint density at radius 1 is 0.636 bits per heavy atom. The largest absolute Gasteiger partial charge is 0.333 e. The molecule has 0 N–H and O–H groups in total. The zero-order chi connectivity index (χ0) is 38.1. The third-order valence-corrected chi connectivity index (χ3v) is 10.9. The molecular weight excluding hydrogens is 665 g/mol. The lowest BCUT2D eigenvalue weighted by atomic mass is 9.82. The Hall–Kier alpha value is -6.90. The first-order valence-electron chi connectivity index (χ1n) is 18.8. The number of nitrogens with zero attached hydrogens (tertiary/aromatic N) is 2. The quantitative estimate of drug-likeness (QED) is 0.122. The van der Waals surface area contributed by atoms with Gasteiger partial charge in [0.2, 0.25) is 0 Å². The fourth-order valence-corrected chi connectivity index (χ4v) is 8.16. The fourth-order valence-electron chi connectivity index (χ4n) is 8.16. The Morgan fingerprint density at radius 2 is 1.27 bits per heavy atom. The van der Waals surface area contributed by atoms with E-state index in [2.05, 4.69) is 195 Å². The number of rotatable bonds is 11. The Balaban J connectivity index is 1.15. The highest BCUT2D eigenvalue weighted by molar-refractivity contribution is 5.94. The predicted molar refractivity (Wildman–Crippen MR) is 237 cm³/mol. The fraction of sp³-hybridized carbons (Fsp3) is 0.0566. The molecule has 0 radical (unpaired) electrons. The molecule has 2 nitrogen and oxygen atoms in total. The zero-order valence-electron chi connectivity index (χ0n) is 31.3. The molecule has 1 aliphatic heterocycles. The van der Waals surface area contributed by atoms with Crippen molar-refractivity contribution in [3.8, 4) is 27.9 Å². The molecule has 1 aromatic heterocycles. The van der Waals surface area contributed by atoms with Crippen LogP contribution in [0.3, 0.4) is 0 Å². The van der Waals surface area contributed by atoms with Crippen molar-refractivity contribution in [3.63, 3.8) is 0 Å². The number of anilines is 1. The number of fused-ring (bicyclic) bond motifs is 7. The molecule has 2 heterocycles. The standard InChI is InChI=1S/C53H44N2/c1-7-9-18-36(3)37(4)27-28-38(5)39(6)47(8-2)55-49-26-16-14-24-46(49)53-51(55)34-33-50-52(53)45-23-13-15-25-48(45)54(50)44-31-29-41(30-32-44)43-22-17-21-42(35-43)40-19-11-10-12-20-40/h7-35,51,53H,1,3-6H2,2H3/b18-9-,28-27-,47-8+. The lowest BCUT2D eigenvalue weighted by molar-refractivity contribution is 0.709. The average molecular weight is 709 g/mol. The van der Waals surface area contributed by atoms with E-state index in [9.17, 15) is 0 Å². The van der Waals surface area contributed by atoms with Crippen molar-refractivity contribution in [3.05, 3.63) is 248 Å². The molecule has 2 heteroatoms. The van der Waals surface area contributed by atoms with Crippen molar-refractivity contribution in [2.24, 2.45) is 0 Å². The molecular formula is C53H44N2. The molecule has 0 fully saturated rings. The normalized spacial score (nSPS) is 15.9. The van der Waals surface area contributed by atoms with E-state index in [1.54, 1.807) is 6.08 Å². The van der Waals surface area contributed by atoms with Crippen LogP contribution in [0.5, 0.6) is 0 Å². The number of benzene rings is 5. The van der Waals surface area contributed by atoms with Crippen LogP contribution in [-0.2, 0) is 0 Å². The highest BCUT2D eigenvalue weighted by Gasteiger charge is 2.44. The maximum absolute atomic E-state index is 4.57. The van der Waals surface area contributed by atoms with E-state index in [-0.39, 0.29) is 12.0 Å². The molecule has 2 unspecified atom stereocenters. The van der Waals surface area contributed by atoms with E-state index in [4.69, 9.17) is 0 Å². The van der Waals surface area contributed by atoms with Crippen LogP contribution >= 0.6 is 0 Å². The van der Waals surface area contributed by atoms with Gasteiger partial charge in [0.05, 0.1) is 17.3 Å². The smallest absolute Gasteiger partial charge is 0.0637 e. The molecule has 0 saturated heterocycles. The van der Waals surface area contributed by atoms with E-state index in [0.717, 1.165) is 33.7 Å². The highest BCUT2D eigenvalue weighted by atomic mass is 15.2. The first-order valence-corrected chi connectivity index (χ1v) is 18.8. The summed E-state index contributed by atoms with van der Waals surface area (Å²) in [7, 11) is 0. The van der Waals surface area contributed by atoms with Crippen molar-refractivity contribution in [2.45, 2.75) is 18.9 Å². The molecule has 2 aliphatic rings. The van der Waals surface area contributed by atoms with Crippen LogP contribution < -0.4 is 4.90 Å². The minimum atomic E-state index is 0.0573. The first kappa shape index (κ1) is 35.1. The first-order chi connectivity index (χ1) is 26.9. The summed E-state index contributed by atoms with van der Waals surface area (Å²) in [5, 5.41) is 1.27. The maximum Gasteiger partial charge on any atom is 0.0637 e. The Labute approximate surface area is 325 Å². The number of aromatic nitrogens is 1. The van der Waals surface area contributed by atoms with Crippen LogP contribution in [0.15, 0.2) is 231 Å². The molecule has 1 aliphatic carbocycles. The van der Waals surface area contributed by atoms with Crippen LogP contribution in [0, 0.1) is 0 Å². The van der Waals surface area contributed by atoms with Crippen molar-refractivity contribution in [2.75, 3.05) is 4.90 Å². The van der Waals surface area contributed by atoms with Crippen molar-refractivity contribution in [1.29, 1.82) is 0 Å². The van der Waals surface area contributed by atoms with Crippen molar-refractivity contribution >= 4 is 22.7 Å². The summed E-state index contributed by atoms with van der Waals surface area (Å²) in [5.74, 6) is 0.119. The highest BCUT2D eigenvalue weighted by Crippen LogP contribution is 2.53. The van der Waals surface area contributed by atoms with Gasteiger partial charge in [-0.15, -0.1) is 0 Å². The van der Waals surface area contributed by atoms with Crippen LogP contribution in [0.4, 0.5) is 5.69 Å². The summed E-state index contributed by atoms with van der Waals surface area (Å²) in [6.45, 7) is 23.1. The number of hydrogen-bond acceptors (Lipinski definition) is 1. The summed E-state index contributed by atoms with van der Waals surface area (Å²) < 4.78 is 2.43. The average Bonchev–Trinajstić information content (AvgIpc) is 3.75. The molecule has 6 aromatic rings. The monoisotopic (exact) mass is 708 g/mol. The van der Waals surface area contributed by atoms with E-state index >= 15 is 0 Å². The van der Waals surface area contributed by atoms with Crippen molar-refractivity contribution < 1.29 is 0 Å². The van der Waals surface area contributed by atoms with Gasteiger partial charge < -0.3 is 9.47 Å². The Kier molecular flexibility index (Phi) is 9.49. The van der Waals surface area contributed by atoms with E-state index < -0.39 is 0 Å². The maximum atomic E-state index is 4.57. The van der Waals surface area contributed by atoms with Crippen LogP contribution in [0.25, 0.3) is 44.9 Å². The number of para-hydroxylation sites is 2. The van der Waals surface area contributed by atoms with E-state index in [1.165, 1.54) is 55.7 Å². The zero-order valence-corrected chi connectivity index (χ0v) is 31.3. The number of allylic oxidation sites excluding steroid dienone is 9. The van der Waals surface area contributed by atoms with Crippen LogP contribution in [-0.4, -0.2) is 10.6 Å². The molecule has 8 rings (SSSR count). The van der Waals surface area contributed by atoms with Gasteiger partial charge in [0.25, 0.3) is 0 Å². The molecule has 0 saturated carbocycles. The summed E-state index contributed by atoms with van der Waals surface area (Å²) in [6, 6.07) is 46.1. The minimum Gasteiger partial charge on any atom is -0.333 e. The topological polar surface area (TPSA) is 8.17 Å². The van der Waals surface area contributed by atoms with Gasteiger partial charge in [0.15, 0.2) is 0 Å². The van der Waals surface area contributed by atoms with Gasteiger partial charge in [0.1, 0.15) is 0 Å². The number of hydrogen-bond donors (Lipinski definition) is 0. The lowest BCUT2D eigenvalue weighted by Crippen LogP contribution is -2.34. The van der Waals surface area contributed by atoms with Crippen molar-refractivity contribution in [1.82, 2.24) is 4.57 Å². The molecule has 0 amide bonds. The second-order valence-electron chi connectivity index (χ2n) is 14.1. The van der Waals surface area contributed by atoms with Gasteiger partial charge in [-0.1, -0.05) is 172 Å². The van der Waals surface area contributed by atoms with Crippen LogP contribution in [0.2, 0.25) is 0 Å². The second-order valence-corrected chi connectivity index (χ2v) is 14.1. The third-order valence-electron chi connectivity index (χ3n) is 10.9. The lowest BCUT2D eigenvalue weighted by Gasteiger charge is -2.33. The van der Waals surface area contributed by atoms with Gasteiger partial charge in [-0.2, -0.15) is 0 Å². The predicted octanol–water partition coefficient (Wildman–Crippen LogP) is 13.7. The SMILES string of the molecule is C=C/C=C\C(=C)C(=C)/C=C\C(=C)C(=C)/C(=C\C)N1c2ccccc2C2c3c(n(-c4ccc(-c5cccc(-c6ccccc6)c5)cc4)c4ccccc34)C=CC21. The van der Waals surface area contributed by atoms with E-state index in [0.29, 0.717) is 0 Å². The van der Waals surface area contributed by atoms with Gasteiger partial charge in [0, 0.05) is 28.4 Å². The molecule has 5 aromatic carbocycles. The summed E-state index contributed by atoms with van der Waals surface area (Å²) >= 11 is 0. The Morgan fingerprint density at radius 3 is 2.02 bits per heavy atom. The summed E-state index contributed by atoms with van der Waals surface area (Å²) in [5.41, 5.74) is 16.6. The van der Waals surface area contributed by atoms with Crippen LogP contribution in [0.1, 0.15) is 29.7 Å². The molecule has 0 bridgehead atoms. The summed E-state index contributed by atoms with van der Waals surface area (Å²) in [4.78, 5) is 2.45. The minimum absolute atomic E-state index is 0.0573.